The Hall–Kier alpha value is -3.41. The van der Waals surface area contributed by atoms with E-state index in [9.17, 15) is 4.79 Å². The monoisotopic (exact) mass is 387 g/mol. The number of hydrogen-bond acceptors (Lipinski definition) is 5. The highest BCUT2D eigenvalue weighted by atomic mass is 16.1. The standard InChI is InChI=1S/C23H25N5O/c1-27(19-8-4-2-5-9-19)22-13-10-18(16-25-22)23(29)26-21-12-11-20(17-24-21)28-14-6-3-7-15-28/h2,4-5,8-13,16-17H,3,6-7,14-15H2,1H3,(H,24,26,29). The number of benzene rings is 1. The van der Waals surface area contributed by atoms with Crippen LogP contribution in [0.3, 0.4) is 0 Å². The first kappa shape index (κ1) is 18.9. The molecule has 0 bridgehead atoms. The molecule has 29 heavy (non-hydrogen) atoms. The molecule has 1 aliphatic rings. The first-order valence-corrected chi connectivity index (χ1v) is 9.98. The van der Waals surface area contributed by atoms with E-state index in [4.69, 9.17) is 0 Å². The molecule has 1 fully saturated rings. The third kappa shape index (κ3) is 4.54. The average Bonchev–Trinajstić information content (AvgIpc) is 2.80. The summed E-state index contributed by atoms with van der Waals surface area (Å²) in [6.45, 7) is 2.14. The second kappa shape index (κ2) is 8.73. The Balaban J connectivity index is 1.39. The van der Waals surface area contributed by atoms with E-state index in [1.807, 2.05) is 66.7 Å². The van der Waals surface area contributed by atoms with Crippen molar-refractivity contribution < 1.29 is 4.79 Å². The molecule has 1 aromatic carbocycles. The van der Waals surface area contributed by atoms with Gasteiger partial charge in [-0.15, -0.1) is 0 Å². The van der Waals surface area contributed by atoms with Gasteiger partial charge in [0.25, 0.3) is 5.91 Å². The summed E-state index contributed by atoms with van der Waals surface area (Å²) in [5.74, 6) is 1.10. The van der Waals surface area contributed by atoms with Crippen molar-refractivity contribution in [2.75, 3.05) is 35.3 Å². The lowest BCUT2D eigenvalue weighted by Gasteiger charge is -2.28. The molecular weight excluding hydrogens is 362 g/mol. The van der Waals surface area contributed by atoms with Crippen LogP contribution < -0.4 is 15.1 Å². The maximum Gasteiger partial charge on any atom is 0.258 e. The molecule has 3 heterocycles. The maximum atomic E-state index is 12.5. The Bertz CT molecular complexity index is 935. The van der Waals surface area contributed by atoms with Crippen LogP contribution in [0, 0.1) is 0 Å². The van der Waals surface area contributed by atoms with E-state index in [1.165, 1.54) is 19.3 Å². The first-order valence-electron chi connectivity index (χ1n) is 9.98. The summed E-state index contributed by atoms with van der Waals surface area (Å²) in [7, 11) is 1.95. The Morgan fingerprint density at radius 1 is 0.931 bits per heavy atom. The van der Waals surface area contributed by atoms with E-state index in [0.29, 0.717) is 11.4 Å². The van der Waals surface area contributed by atoms with Crippen molar-refractivity contribution in [3.05, 3.63) is 72.6 Å². The predicted octanol–water partition coefficient (Wildman–Crippen LogP) is 4.49. The summed E-state index contributed by atoms with van der Waals surface area (Å²) in [6, 6.07) is 17.5. The molecule has 1 N–H and O–H groups in total. The Morgan fingerprint density at radius 3 is 2.38 bits per heavy atom. The van der Waals surface area contributed by atoms with Gasteiger partial charge >= 0.3 is 0 Å². The molecule has 2 aromatic heterocycles. The lowest BCUT2D eigenvalue weighted by atomic mass is 10.1. The van der Waals surface area contributed by atoms with Crippen LogP contribution in [-0.4, -0.2) is 36.0 Å². The fourth-order valence-corrected chi connectivity index (χ4v) is 3.49. The number of nitrogens with zero attached hydrogens (tertiary/aromatic N) is 4. The molecule has 0 aliphatic carbocycles. The Labute approximate surface area is 171 Å². The summed E-state index contributed by atoms with van der Waals surface area (Å²) in [5, 5.41) is 2.85. The summed E-state index contributed by atoms with van der Waals surface area (Å²) in [4.78, 5) is 25.7. The molecule has 0 atom stereocenters. The Morgan fingerprint density at radius 2 is 1.72 bits per heavy atom. The summed E-state index contributed by atoms with van der Waals surface area (Å²) in [6.07, 6.45) is 7.16. The maximum absolute atomic E-state index is 12.5. The summed E-state index contributed by atoms with van der Waals surface area (Å²) >= 11 is 0. The van der Waals surface area contributed by atoms with Gasteiger partial charge in [-0.05, 0) is 55.7 Å². The van der Waals surface area contributed by atoms with Gasteiger partial charge in [-0.25, -0.2) is 9.97 Å². The summed E-state index contributed by atoms with van der Waals surface area (Å²) < 4.78 is 0. The van der Waals surface area contributed by atoms with Gasteiger partial charge in [0.1, 0.15) is 11.6 Å². The number of carbonyl (C=O) groups is 1. The number of anilines is 4. The van der Waals surface area contributed by atoms with E-state index >= 15 is 0 Å². The molecule has 1 aliphatic heterocycles. The van der Waals surface area contributed by atoms with Crippen LogP contribution in [0.5, 0.6) is 0 Å². The fourth-order valence-electron chi connectivity index (χ4n) is 3.49. The predicted molar refractivity (Wildman–Crippen MR) is 117 cm³/mol. The zero-order valence-electron chi connectivity index (χ0n) is 16.6. The lowest BCUT2D eigenvalue weighted by molar-refractivity contribution is 0.102. The highest BCUT2D eigenvalue weighted by Gasteiger charge is 2.13. The van der Waals surface area contributed by atoms with Gasteiger partial charge in [0.15, 0.2) is 0 Å². The van der Waals surface area contributed by atoms with Gasteiger partial charge in [0.2, 0.25) is 0 Å². The Kier molecular flexibility index (Phi) is 5.70. The number of rotatable bonds is 5. The molecule has 6 heteroatoms. The topological polar surface area (TPSA) is 61.4 Å². The molecule has 148 valence electrons. The van der Waals surface area contributed by atoms with Gasteiger partial charge in [-0.2, -0.15) is 0 Å². The van der Waals surface area contributed by atoms with Gasteiger partial charge in [-0.1, -0.05) is 18.2 Å². The molecule has 1 amide bonds. The smallest absolute Gasteiger partial charge is 0.258 e. The molecule has 6 nitrogen and oxygen atoms in total. The number of piperidine rings is 1. The van der Waals surface area contributed by atoms with Gasteiger partial charge in [0.05, 0.1) is 17.4 Å². The quantitative estimate of drug-likeness (QED) is 0.699. The van der Waals surface area contributed by atoms with Crippen molar-refractivity contribution in [1.82, 2.24) is 9.97 Å². The normalized spacial score (nSPS) is 13.8. The van der Waals surface area contributed by atoms with Gasteiger partial charge in [0, 0.05) is 32.0 Å². The minimum atomic E-state index is -0.218. The van der Waals surface area contributed by atoms with E-state index in [-0.39, 0.29) is 5.91 Å². The lowest BCUT2D eigenvalue weighted by Crippen LogP contribution is -2.29. The van der Waals surface area contributed by atoms with Crippen LogP contribution in [-0.2, 0) is 0 Å². The molecular formula is C23H25N5O. The van der Waals surface area contributed by atoms with Crippen molar-refractivity contribution >= 4 is 28.9 Å². The van der Waals surface area contributed by atoms with Crippen LogP contribution in [0.25, 0.3) is 0 Å². The second-order valence-electron chi connectivity index (χ2n) is 7.20. The van der Waals surface area contributed by atoms with E-state index in [2.05, 4.69) is 20.2 Å². The molecule has 4 rings (SSSR count). The first-order chi connectivity index (χ1) is 14.2. The zero-order valence-corrected chi connectivity index (χ0v) is 16.6. The summed E-state index contributed by atoms with van der Waals surface area (Å²) in [5.41, 5.74) is 2.64. The fraction of sp³-hybridized carbons (Fsp3) is 0.261. The molecule has 0 saturated carbocycles. The minimum Gasteiger partial charge on any atom is -0.370 e. The molecule has 1 saturated heterocycles. The highest BCUT2D eigenvalue weighted by Crippen LogP contribution is 2.22. The third-order valence-corrected chi connectivity index (χ3v) is 5.21. The van der Waals surface area contributed by atoms with Crippen LogP contribution in [0.15, 0.2) is 67.0 Å². The zero-order chi connectivity index (χ0) is 20.1. The molecule has 3 aromatic rings. The van der Waals surface area contributed by atoms with E-state index in [1.54, 1.807) is 12.3 Å². The number of para-hydroxylation sites is 1. The number of pyridine rings is 2. The molecule has 0 unspecified atom stereocenters. The van der Waals surface area contributed by atoms with Gasteiger partial charge < -0.3 is 15.1 Å². The van der Waals surface area contributed by atoms with Crippen LogP contribution >= 0.6 is 0 Å². The van der Waals surface area contributed by atoms with Crippen LogP contribution in [0.4, 0.5) is 23.0 Å². The minimum absolute atomic E-state index is 0.218. The van der Waals surface area contributed by atoms with Crippen molar-refractivity contribution in [3.8, 4) is 0 Å². The average molecular weight is 387 g/mol. The largest absolute Gasteiger partial charge is 0.370 e. The molecule has 0 radical (unpaired) electrons. The number of amides is 1. The van der Waals surface area contributed by atoms with Gasteiger partial charge in [-0.3, -0.25) is 4.79 Å². The van der Waals surface area contributed by atoms with Crippen LogP contribution in [0.2, 0.25) is 0 Å². The number of hydrogen-bond donors (Lipinski definition) is 1. The highest BCUT2D eigenvalue weighted by molar-refractivity contribution is 6.03. The number of carbonyl (C=O) groups excluding carboxylic acids is 1. The third-order valence-electron chi connectivity index (χ3n) is 5.21. The number of nitrogens with one attached hydrogen (secondary N) is 1. The number of aromatic nitrogens is 2. The van der Waals surface area contributed by atoms with E-state index < -0.39 is 0 Å². The second-order valence-corrected chi connectivity index (χ2v) is 7.20. The van der Waals surface area contributed by atoms with Crippen molar-refractivity contribution in [2.24, 2.45) is 0 Å². The SMILES string of the molecule is CN(c1ccccc1)c1ccc(C(=O)Nc2ccc(N3CCCCC3)cn2)cn1. The molecule has 0 spiro atoms. The van der Waals surface area contributed by atoms with Crippen molar-refractivity contribution in [1.29, 1.82) is 0 Å². The van der Waals surface area contributed by atoms with Crippen molar-refractivity contribution in [2.45, 2.75) is 19.3 Å². The van der Waals surface area contributed by atoms with Crippen LogP contribution in [0.1, 0.15) is 29.6 Å². The van der Waals surface area contributed by atoms with Crippen molar-refractivity contribution in [3.63, 3.8) is 0 Å². The van der Waals surface area contributed by atoms with E-state index in [0.717, 1.165) is 30.3 Å².